The fraction of sp³-hybridized carbons (Fsp3) is 0.208. The van der Waals surface area contributed by atoms with E-state index in [9.17, 15) is 13.2 Å². The van der Waals surface area contributed by atoms with Gasteiger partial charge in [-0.3, -0.25) is 9.52 Å². The molecule has 8 nitrogen and oxygen atoms in total. The number of benzene rings is 3. The van der Waals surface area contributed by atoms with Crippen molar-refractivity contribution >= 4 is 21.6 Å². The van der Waals surface area contributed by atoms with E-state index < -0.39 is 10.0 Å². The van der Waals surface area contributed by atoms with Gasteiger partial charge >= 0.3 is 0 Å². The number of carbonyl (C=O) groups is 1. The van der Waals surface area contributed by atoms with E-state index in [1.54, 1.807) is 30.3 Å². The van der Waals surface area contributed by atoms with Crippen molar-refractivity contribution < 1.29 is 27.4 Å². The topological polar surface area (TPSA) is 103 Å². The van der Waals surface area contributed by atoms with Crippen LogP contribution < -0.4 is 24.2 Å². The Balaban J connectivity index is 1.47. The number of anilines is 1. The van der Waals surface area contributed by atoms with Crippen LogP contribution in [0.2, 0.25) is 0 Å². The van der Waals surface area contributed by atoms with Crippen LogP contribution in [0.4, 0.5) is 5.69 Å². The van der Waals surface area contributed by atoms with Crippen LogP contribution in [-0.4, -0.2) is 34.6 Å². The van der Waals surface area contributed by atoms with Crippen molar-refractivity contribution in [3.05, 3.63) is 77.9 Å². The molecule has 0 unspecified atom stereocenters. The first-order chi connectivity index (χ1) is 15.9. The second kappa shape index (κ2) is 9.41. The van der Waals surface area contributed by atoms with Gasteiger partial charge < -0.3 is 19.5 Å². The molecule has 0 saturated heterocycles. The molecule has 9 heteroatoms. The molecule has 1 amide bonds. The molecule has 4 rings (SSSR count). The lowest BCUT2D eigenvalue weighted by Crippen LogP contribution is -2.27. The molecule has 33 heavy (non-hydrogen) atoms. The number of amides is 1. The van der Waals surface area contributed by atoms with Gasteiger partial charge in [0, 0.05) is 11.3 Å². The Kier molecular flexibility index (Phi) is 6.41. The van der Waals surface area contributed by atoms with Crippen LogP contribution in [-0.2, 0) is 10.0 Å². The summed E-state index contributed by atoms with van der Waals surface area (Å²) >= 11 is 0. The van der Waals surface area contributed by atoms with E-state index in [0.717, 1.165) is 5.56 Å². The van der Waals surface area contributed by atoms with Gasteiger partial charge in [-0.25, -0.2) is 8.42 Å². The molecule has 1 aliphatic rings. The van der Waals surface area contributed by atoms with Crippen molar-refractivity contribution in [2.45, 2.75) is 17.9 Å². The molecule has 3 aromatic rings. The summed E-state index contributed by atoms with van der Waals surface area (Å²) in [4.78, 5) is 12.8. The second-order valence-electron chi connectivity index (χ2n) is 7.46. The molecule has 0 aliphatic carbocycles. The predicted molar refractivity (Wildman–Crippen MR) is 124 cm³/mol. The van der Waals surface area contributed by atoms with Crippen LogP contribution in [0.1, 0.15) is 28.9 Å². The third-order valence-electron chi connectivity index (χ3n) is 5.16. The molecule has 0 fully saturated rings. The van der Waals surface area contributed by atoms with Gasteiger partial charge in [0.05, 0.1) is 18.0 Å². The maximum atomic E-state index is 12.8. The maximum Gasteiger partial charge on any atom is 0.261 e. The van der Waals surface area contributed by atoms with Crippen molar-refractivity contribution in [3.8, 4) is 17.2 Å². The van der Waals surface area contributed by atoms with E-state index in [2.05, 4.69) is 10.0 Å². The smallest absolute Gasteiger partial charge is 0.261 e. The van der Waals surface area contributed by atoms with E-state index in [1.165, 1.54) is 25.3 Å². The third kappa shape index (κ3) is 5.20. The first-order valence-electron chi connectivity index (χ1n) is 10.3. The molecule has 3 aromatic carbocycles. The van der Waals surface area contributed by atoms with Gasteiger partial charge in [-0.2, -0.15) is 0 Å². The van der Waals surface area contributed by atoms with Crippen molar-refractivity contribution in [2.75, 3.05) is 25.0 Å². The molecular formula is C24H24N2O6S. The largest absolute Gasteiger partial charge is 0.497 e. The normalized spacial score (nSPS) is 13.6. The zero-order valence-electron chi connectivity index (χ0n) is 18.2. The van der Waals surface area contributed by atoms with Crippen LogP contribution in [0.5, 0.6) is 17.2 Å². The first-order valence-corrected chi connectivity index (χ1v) is 11.8. The number of fused-ring (bicyclic) bond motifs is 1. The second-order valence-corrected chi connectivity index (χ2v) is 9.14. The van der Waals surface area contributed by atoms with Crippen LogP contribution in [0.15, 0.2) is 71.6 Å². The molecule has 0 aromatic heterocycles. The molecule has 1 heterocycles. The summed E-state index contributed by atoms with van der Waals surface area (Å²) in [5.41, 5.74) is 1.47. The number of sulfonamides is 1. The van der Waals surface area contributed by atoms with Crippen molar-refractivity contribution in [3.63, 3.8) is 0 Å². The Bertz CT molecular complexity index is 1260. The number of hydrogen-bond acceptors (Lipinski definition) is 6. The standard InChI is InChI=1S/C24H24N2O6S/c1-16(17-6-11-22-23(15-17)32-13-12-31-22)25-24(27)18-4-3-5-21(14-18)33(28,29)26-19-7-9-20(30-2)10-8-19/h3-11,14-16,26H,12-13H2,1-2H3,(H,25,27)/t16-/m1/s1. The number of hydrogen-bond donors (Lipinski definition) is 2. The molecule has 172 valence electrons. The predicted octanol–water partition coefficient (Wildman–Crippen LogP) is 3.76. The van der Waals surface area contributed by atoms with E-state index in [-0.39, 0.29) is 22.4 Å². The first kappa shape index (κ1) is 22.5. The van der Waals surface area contributed by atoms with Gasteiger partial charge in [0.1, 0.15) is 19.0 Å². The summed E-state index contributed by atoms with van der Waals surface area (Å²) in [6, 6.07) is 17.6. The summed E-state index contributed by atoms with van der Waals surface area (Å²) in [7, 11) is -2.35. The number of ether oxygens (including phenoxy) is 3. The summed E-state index contributed by atoms with van der Waals surface area (Å²) < 4.78 is 44.3. The highest BCUT2D eigenvalue weighted by Gasteiger charge is 2.19. The summed E-state index contributed by atoms with van der Waals surface area (Å²) in [5, 5.41) is 2.90. The zero-order valence-corrected chi connectivity index (χ0v) is 19.0. The Morgan fingerprint density at radius 2 is 1.70 bits per heavy atom. The quantitative estimate of drug-likeness (QED) is 0.547. The van der Waals surface area contributed by atoms with Gasteiger partial charge in [-0.1, -0.05) is 12.1 Å². The lowest BCUT2D eigenvalue weighted by atomic mass is 10.1. The Morgan fingerprint density at radius 1 is 0.970 bits per heavy atom. The molecule has 0 spiro atoms. The van der Waals surface area contributed by atoms with Crippen molar-refractivity contribution in [1.82, 2.24) is 5.32 Å². The van der Waals surface area contributed by atoms with Crippen LogP contribution in [0, 0.1) is 0 Å². The fourth-order valence-electron chi connectivity index (χ4n) is 3.37. The van der Waals surface area contributed by atoms with Gasteiger partial charge in [0.25, 0.3) is 15.9 Å². The lowest BCUT2D eigenvalue weighted by Gasteiger charge is -2.21. The fourth-order valence-corrected chi connectivity index (χ4v) is 4.47. The Hall–Kier alpha value is -3.72. The van der Waals surface area contributed by atoms with Crippen molar-refractivity contribution in [1.29, 1.82) is 0 Å². The van der Waals surface area contributed by atoms with Crippen LogP contribution in [0.3, 0.4) is 0 Å². The van der Waals surface area contributed by atoms with Gasteiger partial charge in [-0.05, 0) is 67.1 Å². The summed E-state index contributed by atoms with van der Waals surface area (Å²) in [5.74, 6) is 1.53. The summed E-state index contributed by atoms with van der Waals surface area (Å²) in [6.45, 7) is 2.82. The molecule has 1 atom stereocenters. The number of methoxy groups -OCH3 is 1. The average Bonchev–Trinajstić information content (AvgIpc) is 2.84. The number of nitrogens with one attached hydrogen (secondary N) is 2. The SMILES string of the molecule is COc1ccc(NS(=O)(=O)c2cccc(C(=O)N[C@H](C)c3ccc4c(c3)OCCO4)c2)cc1. The van der Waals surface area contributed by atoms with Crippen molar-refractivity contribution in [2.24, 2.45) is 0 Å². The zero-order chi connectivity index (χ0) is 23.4. The highest BCUT2D eigenvalue weighted by molar-refractivity contribution is 7.92. The minimum Gasteiger partial charge on any atom is -0.497 e. The van der Waals surface area contributed by atoms with Gasteiger partial charge in [0.2, 0.25) is 0 Å². The average molecular weight is 469 g/mol. The van der Waals surface area contributed by atoms with Crippen LogP contribution >= 0.6 is 0 Å². The molecule has 0 saturated carbocycles. The van der Waals surface area contributed by atoms with Crippen LogP contribution in [0.25, 0.3) is 0 Å². The van der Waals surface area contributed by atoms with E-state index in [1.807, 2.05) is 25.1 Å². The molecule has 0 radical (unpaired) electrons. The third-order valence-corrected chi connectivity index (χ3v) is 6.54. The highest BCUT2D eigenvalue weighted by Crippen LogP contribution is 2.32. The number of rotatable bonds is 7. The van der Waals surface area contributed by atoms with Gasteiger partial charge in [0.15, 0.2) is 11.5 Å². The number of carbonyl (C=O) groups excluding carboxylic acids is 1. The summed E-state index contributed by atoms with van der Waals surface area (Å²) in [6.07, 6.45) is 0. The van der Waals surface area contributed by atoms with E-state index in [4.69, 9.17) is 14.2 Å². The van der Waals surface area contributed by atoms with E-state index in [0.29, 0.717) is 36.1 Å². The minimum absolute atomic E-state index is 0.0158. The Morgan fingerprint density at radius 3 is 2.42 bits per heavy atom. The molecule has 1 aliphatic heterocycles. The maximum absolute atomic E-state index is 12.8. The molecule has 2 N–H and O–H groups in total. The van der Waals surface area contributed by atoms with E-state index >= 15 is 0 Å². The lowest BCUT2D eigenvalue weighted by molar-refractivity contribution is 0.0939. The highest BCUT2D eigenvalue weighted by atomic mass is 32.2. The Labute approximate surface area is 192 Å². The monoisotopic (exact) mass is 468 g/mol. The molecule has 0 bridgehead atoms. The van der Waals surface area contributed by atoms with Gasteiger partial charge in [-0.15, -0.1) is 0 Å². The minimum atomic E-state index is -3.88. The molecular weight excluding hydrogens is 444 g/mol.